The molecule has 9 heavy (non-hydrogen) atoms. The lowest BCUT2D eigenvalue weighted by Crippen LogP contribution is -2.20. The van der Waals surface area contributed by atoms with Crippen molar-refractivity contribution in [1.82, 2.24) is 0 Å². The molecule has 1 N–H and O–H groups in total. The molecular formula is C4H7N3O2. The Morgan fingerprint density at radius 3 is 2.89 bits per heavy atom. The Balaban J connectivity index is 2.49. The van der Waals surface area contributed by atoms with Crippen LogP contribution in [0, 0.1) is 0 Å². The normalized spacial score (nSPS) is 33.9. The Kier molecular flexibility index (Phi) is 1.89. The van der Waals surface area contributed by atoms with Crippen LogP contribution in [-0.2, 0) is 4.74 Å². The molecule has 1 fully saturated rings. The molecule has 1 unspecified atom stereocenters. The van der Waals surface area contributed by atoms with E-state index in [4.69, 9.17) is 15.4 Å². The maximum absolute atomic E-state index is 8.93. The molecule has 0 saturated carbocycles. The highest BCUT2D eigenvalue weighted by Gasteiger charge is 2.24. The van der Waals surface area contributed by atoms with E-state index < -0.39 is 6.10 Å². The Bertz CT molecular complexity index is 143. The first-order valence-corrected chi connectivity index (χ1v) is 2.64. The zero-order valence-corrected chi connectivity index (χ0v) is 4.77. The number of aliphatic hydroxyl groups excluding tert-OH is 1. The average Bonchev–Trinajstić information content (AvgIpc) is 2.18. The second-order valence-corrected chi connectivity index (χ2v) is 1.88. The fraction of sp³-hybridized carbons (Fsp3) is 1.00. The second kappa shape index (κ2) is 2.68. The average molecular weight is 129 g/mol. The lowest BCUT2D eigenvalue weighted by atomic mass is 10.2. The van der Waals surface area contributed by atoms with E-state index in [1.54, 1.807) is 0 Å². The Morgan fingerprint density at radius 2 is 2.44 bits per heavy atom. The molecule has 50 valence electrons. The van der Waals surface area contributed by atoms with Gasteiger partial charge in [0.15, 0.2) is 0 Å². The van der Waals surface area contributed by atoms with Crippen molar-refractivity contribution < 1.29 is 9.84 Å². The van der Waals surface area contributed by atoms with E-state index in [-0.39, 0.29) is 12.6 Å². The first kappa shape index (κ1) is 6.35. The van der Waals surface area contributed by atoms with E-state index in [9.17, 15) is 0 Å². The summed E-state index contributed by atoms with van der Waals surface area (Å²) in [5.74, 6) is 0. The Labute approximate surface area is 51.9 Å². The van der Waals surface area contributed by atoms with Gasteiger partial charge in [0, 0.05) is 4.91 Å². The smallest absolute Gasteiger partial charge is 0.0889 e. The summed E-state index contributed by atoms with van der Waals surface area (Å²) in [6.45, 7) is 0.620. The van der Waals surface area contributed by atoms with Crippen molar-refractivity contribution in [2.45, 2.75) is 12.1 Å². The van der Waals surface area contributed by atoms with Gasteiger partial charge in [0.2, 0.25) is 0 Å². The number of azide groups is 1. The van der Waals surface area contributed by atoms with Crippen LogP contribution < -0.4 is 0 Å². The second-order valence-electron chi connectivity index (χ2n) is 1.88. The molecule has 0 spiro atoms. The number of hydrogen-bond acceptors (Lipinski definition) is 3. The van der Waals surface area contributed by atoms with Crippen molar-refractivity contribution in [3.05, 3.63) is 10.4 Å². The van der Waals surface area contributed by atoms with Crippen LogP contribution in [0.1, 0.15) is 0 Å². The fourth-order valence-corrected chi connectivity index (χ4v) is 0.708. The highest BCUT2D eigenvalue weighted by Crippen LogP contribution is 2.08. The monoisotopic (exact) mass is 129 g/mol. The summed E-state index contributed by atoms with van der Waals surface area (Å²) in [5.41, 5.74) is 7.94. The highest BCUT2D eigenvalue weighted by atomic mass is 16.5. The van der Waals surface area contributed by atoms with Gasteiger partial charge in [-0.25, -0.2) is 0 Å². The molecule has 1 heterocycles. The molecule has 0 radical (unpaired) electrons. The molecule has 2 atom stereocenters. The molecular weight excluding hydrogens is 122 g/mol. The predicted octanol–water partition coefficient (Wildman–Crippen LogP) is 0.0564. The third-order valence-electron chi connectivity index (χ3n) is 1.22. The third kappa shape index (κ3) is 1.32. The molecule has 0 aliphatic carbocycles. The van der Waals surface area contributed by atoms with Gasteiger partial charge >= 0.3 is 0 Å². The first-order valence-electron chi connectivity index (χ1n) is 2.64. The molecule has 5 heteroatoms. The van der Waals surface area contributed by atoms with Crippen LogP contribution in [0.2, 0.25) is 0 Å². The third-order valence-corrected chi connectivity index (χ3v) is 1.22. The van der Waals surface area contributed by atoms with E-state index in [1.165, 1.54) is 0 Å². The summed E-state index contributed by atoms with van der Waals surface area (Å²) in [6.07, 6.45) is -0.610. The van der Waals surface area contributed by atoms with E-state index in [0.717, 1.165) is 0 Å². The van der Waals surface area contributed by atoms with Crippen LogP contribution in [0.15, 0.2) is 5.11 Å². The fourth-order valence-electron chi connectivity index (χ4n) is 0.708. The summed E-state index contributed by atoms with van der Waals surface area (Å²) >= 11 is 0. The zero-order valence-electron chi connectivity index (χ0n) is 4.77. The van der Waals surface area contributed by atoms with E-state index in [1.807, 2.05) is 0 Å². The van der Waals surface area contributed by atoms with Gasteiger partial charge in [-0.3, -0.25) is 0 Å². The molecule has 0 aromatic carbocycles. The van der Waals surface area contributed by atoms with Crippen LogP contribution in [0.4, 0.5) is 0 Å². The Hall–Kier alpha value is -0.770. The van der Waals surface area contributed by atoms with Gasteiger partial charge in [-0.1, -0.05) is 5.11 Å². The summed E-state index contributed by atoms with van der Waals surface area (Å²) in [6, 6.07) is -0.380. The van der Waals surface area contributed by atoms with Crippen LogP contribution in [0.3, 0.4) is 0 Å². The summed E-state index contributed by atoms with van der Waals surface area (Å²) in [7, 11) is 0. The number of ether oxygens (including phenoxy) is 1. The summed E-state index contributed by atoms with van der Waals surface area (Å²) in [4.78, 5) is 2.55. The first-order chi connectivity index (χ1) is 4.34. The summed E-state index contributed by atoms with van der Waals surface area (Å²) < 4.78 is 4.81. The molecule has 1 aliphatic rings. The van der Waals surface area contributed by atoms with Crippen molar-refractivity contribution in [1.29, 1.82) is 0 Å². The van der Waals surface area contributed by atoms with Crippen LogP contribution in [0.25, 0.3) is 10.4 Å². The highest BCUT2D eigenvalue weighted by molar-refractivity contribution is 4.80. The van der Waals surface area contributed by atoms with Crippen molar-refractivity contribution in [2.24, 2.45) is 5.11 Å². The lowest BCUT2D eigenvalue weighted by molar-refractivity contribution is 0.125. The van der Waals surface area contributed by atoms with E-state index in [0.29, 0.717) is 6.61 Å². The zero-order chi connectivity index (χ0) is 6.69. The van der Waals surface area contributed by atoms with Gasteiger partial charge in [-0.15, -0.1) is 0 Å². The topological polar surface area (TPSA) is 78.2 Å². The molecule has 0 amide bonds. The van der Waals surface area contributed by atoms with Crippen molar-refractivity contribution in [3.8, 4) is 0 Å². The standard InChI is InChI=1S/C4H7N3O2/c5-7-6-3-1-9-2-4(3)8/h3-4,8H,1-2H2/t3?,4-/m1/s1. The largest absolute Gasteiger partial charge is 0.390 e. The molecule has 1 saturated heterocycles. The van der Waals surface area contributed by atoms with Gasteiger partial charge in [0.1, 0.15) is 0 Å². The van der Waals surface area contributed by atoms with Gasteiger partial charge in [0.05, 0.1) is 25.4 Å². The minimum Gasteiger partial charge on any atom is -0.390 e. The van der Waals surface area contributed by atoms with Crippen LogP contribution in [-0.4, -0.2) is 30.5 Å². The van der Waals surface area contributed by atoms with Gasteiger partial charge in [-0.05, 0) is 5.53 Å². The number of nitrogens with zero attached hydrogens (tertiary/aromatic N) is 3. The van der Waals surface area contributed by atoms with Crippen molar-refractivity contribution in [2.75, 3.05) is 13.2 Å². The van der Waals surface area contributed by atoms with Crippen LogP contribution >= 0.6 is 0 Å². The molecule has 0 aromatic heterocycles. The van der Waals surface area contributed by atoms with Gasteiger partial charge < -0.3 is 9.84 Å². The number of hydrogen-bond donors (Lipinski definition) is 1. The van der Waals surface area contributed by atoms with E-state index in [2.05, 4.69) is 10.0 Å². The van der Waals surface area contributed by atoms with Crippen LogP contribution in [0.5, 0.6) is 0 Å². The predicted molar refractivity (Wildman–Crippen MR) is 29.8 cm³/mol. The number of aliphatic hydroxyl groups is 1. The molecule has 5 nitrogen and oxygen atoms in total. The quantitative estimate of drug-likeness (QED) is 0.308. The SMILES string of the molecule is [N-]=[N+]=NC1COC[C@H]1O. The lowest BCUT2D eigenvalue weighted by Gasteiger charge is -2.01. The minimum atomic E-state index is -0.610. The molecule has 1 rings (SSSR count). The van der Waals surface area contributed by atoms with Gasteiger partial charge in [0.25, 0.3) is 0 Å². The maximum Gasteiger partial charge on any atom is 0.0889 e. The molecule has 0 bridgehead atoms. The van der Waals surface area contributed by atoms with Crippen molar-refractivity contribution in [3.63, 3.8) is 0 Å². The van der Waals surface area contributed by atoms with Crippen molar-refractivity contribution >= 4 is 0 Å². The minimum absolute atomic E-state index is 0.281. The van der Waals surface area contributed by atoms with E-state index >= 15 is 0 Å². The number of rotatable bonds is 1. The molecule has 1 aliphatic heterocycles. The Morgan fingerprint density at radius 1 is 1.67 bits per heavy atom. The van der Waals surface area contributed by atoms with Gasteiger partial charge in [-0.2, -0.15) is 0 Å². The maximum atomic E-state index is 8.93. The molecule has 0 aromatic rings. The summed E-state index contributed by atoms with van der Waals surface area (Å²) in [5, 5.41) is 12.2.